The minimum Gasteiger partial charge on any atom is -0.404 e. The van der Waals surface area contributed by atoms with Gasteiger partial charge in [0.1, 0.15) is 6.10 Å². The maximum atomic E-state index is 12.9. The average Bonchev–Trinajstić information content (AvgIpc) is 2.49. The molecule has 0 aliphatic rings. The molecule has 7 heteroatoms. The Morgan fingerprint density at radius 2 is 1.76 bits per heavy atom. The SMILES string of the molecule is C[C@H](CN(C)C)Sc1nc2ccccc2c(=O)n1O[C@@H](C)CN(C)C. The van der Waals surface area contributed by atoms with Crippen LogP contribution >= 0.6 is 11.8 Å². The lowest BCUT2D eigenvalue weighted by atomic mass is 10.2. The molecular weight excluding hydrogens is 336 g/mol. The number of hydrogen-bond acceptors (Lipinski definition) is 6. The zero-order valence-corrected chi connectivity index (χ0v) is 16.7. The van der Waals surface area contributed by atoms with Crippen molar-refractivity contribution in [2.45, 2.75) is 30.4 Å². The van der Waals surface area contributed by atoms with Crippen LogP contribution in [0, 0.1) is 0 Å². The molecule has 0 aliphatic heterocycles. The highest BCUT2D eigenvalue weighted by molar-refractivity contribution is 7.99. The topological polar surface area (TPSA) is 50.6 Å². The first-order valence-corrected chi connectivity index (χ1v) is 9.31. The number of aromatic nitrogens is 2. The summed E-state index contributed by atoms with van der Waals surface area (Å²) in [5.41, 5.74) is 0.544. The molecule has 1 heterocycles. The third-order valence-corrected chi connectivity index (χ3v) is 4.56. The van der Waals surface area contributed by atoms with Crippen molar-refractivity contribution in [1.82, 2.24) is 19.5 Å². The minimum atomic E-state index is -0.157. The number of benzene rings is 1. The molecule has 0 saturated heterocycles. The molecule has 1 aromatic carbocycles. The van der Waals surface area contributed by atoms with Gasteiger partial charge in [-0.3, -0.25) is 4.79 Å². The summed E-state index contributed by atoms with van der Waals surface area (Å²) in [7, 11) is 8.04. The van der Waals surface area contributed by atoms with E-state index < -0.39 is 0 Å². The number of rotatable bonds is 8. The average molecular weight is 365 g/mol. The van der Waals surface area contributed by atoms with E-state index in [2.05, 4.69) is 16.8 Å². The van der Waals surface area contributed by atoms with E-state index in [0.717, 1.165) is 13.1 Å². The molecule has 0 radical (unpaired) electrons. The molecule has 0 bridgehead atoms. The highest BCUT2D eigenvalue weighted by Crippen LogP contribution is 2.22. The van der Waals surface area contributed by atoms with E-state index in [1.807, 2.05) is 58.2 Å². The normalized spacial score (nSPS) is 14.2. The van der Waals surface area contributed by atoms with Gasteiger partial charge in [0.15, 0.2) is 0 Å². The molecule has 0 aliphatic carbocycles. The maximum Gasteiger partial charge on any atom is 0.295 e. The lowest BCUT2D eigenvalue weighted by molar-refractivity contribution is 0.0115. The van der Waals surface area contributed by atoms with Crippen LogP contribution in [0.25, 0.3) is 10.9 Å². The fourth-order valence-corrected chi connectivity index (χ4v) is 3.83. The van der Waals surface area contributed by atoms with Gasteiger partial charge in [-0.05, 0) is 47.2 Å². The second-order valence-electron chi connectivity index (χ2n) is 6.88. The largest absolute Gasteiger partial charge is 0.404 e. The molecule has 0 fully saturated rings. The van der Waals surface area contributed by atoms with Crippen LogP contribution in [0.3, 0.4) is 0 Å². The number of fused-ring (bicyclic) bond motifs is 1. The summed E-state index contributed by atoms with van der Waals surface area (Å²) in [5.74, 6) is 0. The molecular formula is C18H28N4O2S. The predicted octanol–water partition coefficient (Wildman–Crippen LogP) is 1.82. The van der Waals surface area contributed by atoms with Crippen molar-refractivity contribution in [3.63, 3.8) is 0 Å². The Bertz CT molecular complexity index is 760. The Morgan fingerprint density at radius 1 is 1.12 bits per heavy atom. The van der Waals surface area contributed by atoms with Crippen LogP contribution in [0.1, 0.15) is 13.8 Å². The second-order valence-corrected chi connectivity index (χ2v) is 8.29. The maximum absolute atomic E-state index is 12.9. The molecule has 138 valence electrons. The Hall–Kier alpha value is -1.57. The van der Waals surface area contributed by atoms with Crippen LogP contribution < -0.4 is 10.4 Å². The highest BCUT2D eigenvalue weighted by atomic mass is 32.2. The van der Waals surface area contributed by atoms with Crippen molar-refractivity contribution in [2.24, 2.45) is 0 Å². The fourth-order valence-electron chi connectivity index (χ4n) is 2.72. The third kappa shape index (κ3) is 5.45. The first kappa shape index (κ1) is 19.8. The molecule has 2 aromatic rings. The van der Waals surface area contributed by atoms with E-state index in [0.29, 0.717) is 16.1 Å². The molecule has 0 unspecified atom stereocenters. The van der Waals surface area contributed by atoms with Gasteiger partial charge in [0.05, 0.1) is 10.9 Å². The van der Waals surface area contributed by atoms with Gasteiger partial charge in [0.2, 0.25) is 5.16 Å². The van der Waals surface area contributed by atoms with Gasteiger partial charge in [0, 0.05) is 18.3 Å². The van der Waals surface area contributed by atoms with Gasteiger partial charge in [-0.15, -0.1) is 4.73 Å². The van der Waals surface area contributed by atoms with Crippen LogP contribution in [-0.2, 0) is 0 Å². The van der Waals surface area contributed by atoms with Gasteiger partial charge in [-0.1, -0.05) is 30.8 Å². The lowest BCUT2D eigenvalue weighted by Gasteiger charge is -2.22. The Kier molecular flexibility index (Phi) is 6.87. The molecule has 6 nitrogen and oxygen atoms in total. The van der Waals surface area contributed by atoms with Gasteiger partial charge >= 0.3 is 0 Å². The van der Waals surface area contributed by atoms with Gasteiger partial charge in [-0.25, -0.2) is 4.98 Å². The second kappa shape index (κ2) is 8.69. The molecule has 0 amide bonds. The standard InChI is InChI=1S/C18H28N4O2S/c1-13(11-20(3)4)24-22-17(23)15-9-7-8-10-16(15)19-18(22)25-14(2)12-21(5)6/h7-10,13-14H,11-12H2,1-6H3/t13-,14+/m0/s1. The van der Waals surface area contributed by atoms with E-state index in [1.165, 1.54) is 4.73 Å². The number of para-hydroxylation sites is 1. The van der Waals surface area contributed by atoms with Crippen LogP contribution in [0.2, 0.25) is 0 Å². The smallest absolute Gasteiger partial charge is 0.295 e. The molecule has 0 spiro atoms. The van der Waals surface area contributed by atoms with E-state index in [-0.39, 0.29) is 16.9 Å². The van der Waals surface area contributed by atoms with Crippen molar-refractivity contribution >= 4 is 22.7 Å². The zero-order chi connectivity index (χ0) is 18.6. The molecule has 25 heavy (non-hydrogen) atoms. The first-order valence-electron chi connectivity index (χ1n) is 8.43. The summed E-state index contributed by atoms with van der Waals surface area (Å²) < 4.78 is 1.37. The van der Waals surface area contributed by atoms with E-state index in [9.17, 15) is 4.79 Å². The lowest BCUT2D eigenvalue weighted by Crippen LogP contribution is -2.39. The van der Waals surface area contributed by atoms with Gasteiger partial charge in [0.25, 0.3) is 5.56 Å². The Balaban J connectivity index is 2.42. The van der Waals surface area contributed by atoms with Crippen molar-refractivity contribution in [1.29, 1.82) is 0 Å². The fraction of sp³-hybridized carbons (Fsp3) is 0.556. The molecule has 2 atom stereocenters. The van der Waals surface area contributed by atoms with Gasteiger partial charge < -0.3 is 14.6 Å². The summed E-state index contributed by atoms with van der Waals surface area (Å²) in [4.78, 5) is 27.7. The molecule has 0 N–H and O–H groups in total. The number of hydrogen-bond donors (Lipinski definition) is 0. The molecule has 2 rings (SSSR count). The van der Waals surface area contributed by atoms with Crippen LogP contribution in [0.15, 0.2) is 34.2 Å². The summed E-state index contributed by atoms with van der Waals surface area (Å²) in [6, 6.07) is 7.40. The van der Waals surface area contributed by atoms with Crippen LogP contribution in [0.5, 0.6) is 0 Å². The van der Waals surface area contributed by atoms with E-state index in [1.54, 1.807) is 17.8 Å². The Labute approximate surface area is 153 Å². The van der Waals surface area contributed by atoms with E-state index >= 15 is 0 Å². The van der Waals surface area contributed by atoms with Crippen LogP contribution in [-0.4, -0.2) is 72.1 Å². The molecule has 0 saturated carbocycles. The summed E-state index contributed by atoms with van der Waals surface area (Å²) in [5, 5.41) is 1.45. The van der Waals surface area contributed by atoms with Gasteiger partial charge in [-0.2, -0.15) is 0 Å². The summed E-state index contributed by atoms with van der Waals surface area (Å²) in [6.07, 6.45) is -0.126. The zero-order valence-electron chi connectivity index (χ0n) is 15.9. The molecule has 1 aromatic heterocycles. The Morgan fingerprint density at radius 3 is 2.40 bits per heavy atom. The van der Waals surface area contributed by atoms with Crippen molar-refractivity contribution in [3.8, 4) is 0 Å². The highest BCUT2D eigenvalue weighted by Gasteiger charge is 2.18. The minimum absolute atomic E-state index is 0.126. The van der Waals surface area contributed by atoms with Crippen molar-refractivity contribution < 1.29 is 4.84 Å². The monoisotopic (exact) mass is 364 g/mol. The third-order valence-electron chi connectivity index (χ3n) is 3.55. The number of nitrogens with zero attached hydrogens (tertiary/aromatic N) is 4. The quantitative estimate of drug-likeness (QED) is 0.526. The summed E-state index contributed by atoms with van der Waals surface area (Å²) >= 11 is 1.56. The van der Waals surface area contributed by atoms with Crippen molar-refractivity contribution in [2.75, 3.05) is 41.3 Å². The summed E-state index contributed by atoms with van der Waals surface area (Å²) in [6.45, 7) is 5.69. The number of likely N-dealkylation sites (N-methyl/N-ethyl adjacent to an activating group) is 1. The van der Waals surface area contributed by atoms with Crippen molar-refractivity contribution in [3.05, 3.63) is 34.6 Å². The van der Waals surface area contributed by atoms with E-state index in [4.69, 9.17) is 4.84 Å². The first-order chi connectivity index (χ1) is 11.8. The predicted molar refractivity (Wildman–Crippen MR) is 104 cm³/mol. The van der Waals surface area contributed by atoms with Crippen LogP contribution in [0.4, 0.5) is 0 Å². The number of thioether (sulfide) groups is 1.